The summed E-state index contributed by atoms with van der Waals surface area (Å²) in [5.41, 5.74) is 3.79. The largest absolute Gasteiger partial charge is 0.346 e. The number of carbonyl (C=O) groups is 1. The number of hydrogen-bond donors (Lipinski definition) is 1. The summed E-state index contributed by atoms with van der Waals surface area (Å²) in [6.45, 7) is 4.53. The van der Waals surface area contributed by atoms with Crippen molar-refractivity contribution in [1.82, 2.24) is 15.3 Å². The van der Waals surface area contributed by atoms with Crippen LogP contribution in [0.2, 0.25) is 0 Å². The van der Waals surface area contributed by atoms with Crippen LogP contribution in [0.25, 0.3) is 0 Å². The third kappa shape index (κ3) is 4.45. The van der Waals surface area contributed by atoms with Gasteiger partial charge in [-0.15, -0.1) is 0 Å². The highest BCUT2D eigenvalue weighted by Gasteiger charge is 2.14. The Bertz CT molecular complexity index is 881. The highest BCUT2D eigenvalue weighted by atomic mass is 32.2. The first-order valence-electron chi connectivity index (χ1n) is 8.02. The number of benzene rings is 1. The van der Waals surface area contributed by atoms with Crippen molar-refractivity contribution in [1.29, 1.82) is 0 Å². The summed E-state index contributed by atoms with van der Waals surface area (Å²) in [6, 6.07) is 15.5. The molecular weight excluding hydrogens is 330 g/mol. The Kier molecular flexibility index (Phi) is 5.46. The maximum absolute atomic E-state index is 12.6. The zero-order valence-corrected chi connectivity index (χ0v) is 15.0. The molecule has 0 saturated heterocycles. The Morgan fingerprint density at radius 2 is 1.88 bits per heavy atom. The minimum Gasteiger partial charge on any atom is -0.346 e. The first-order chi connectivity index (χ1) is 12.1. The molecule has 126 valence electrons. The van der Waals surface area contributed by atoms with E-state index >= 15 is 0 Å². The molecule has 0 unspecified atom stereocenters. The molecule has 0 spiro atoms. The zero-order valence-electron chi connectivity index (χ0n) is 14.2. The molecule has 2 heterocycles. The number of rotatable bonds is 5. The van der Waals surface area contributed by atoms with E-state index in [-0.39, 0.29) is 5.91 Å². The standard InChI is InChI=1S/C20H19N3OS/c1-14-8-9-18(15(2)12-14)25-20-17(7-5-11-22-20)19(24)23-13-16-6-3-4-10-21-16/h3-12H,13H2,1-2H3,(H,23,24). The number of carbonyl (C=O) groups excluding carboxylic acids is 1. The van der Waals surface area contributed by atoms with E-state index < -0.39 is 0 Å². The van der Waals surface area contributed by atoms with Gasteiger partial charge in [-0.05, 0) is 49.7 Å². The van der Waals surface area contributed by atoms with Crippen LogP contribution in [0.4, 0.5) is 0 Å². The Labute approximate surface area is 151 Å². The van der Waals surface area contributed by atoms with Gasteiger partial charge in [-0.3, -0.25) is 9.78 Å². The van der Waals surface area contributed by atoms with Gasteiger partial charge in [-0.1, -0.05) is 35.5 Å². The van der Waals surface area contributed by atoms with Gasteiger partial charge in [0.25, 0.3) is 5.91 Å². The molecular formula is C20H19N3OS. The van der Waals surface area contributed by atoms with E-state index in [0.29, 0.717) is 17.1 Å². The second-order valence-electron chi connectivity index (χ2n) is 5.73. The van der Waals surface area contributed by atoms with E-state index in [9.17, 15) is 4.79 Å². The molecule has 4 nitrogen and oxygen atoms in total. The molecule has 2 aromatic heterocycles. The van der Waals surface area contributed by atoms with Gasteiger partial charge in [0.2, 0.25) is 0 Å². The van der Waals surface area contributed by atoms with Crippen molar-refractivity contribution in [3.05, 3.63) is 83.3 Å². The lowest BCUT2D eigenvalue weighted by Crippen LogP contribution is -2.24. The fraction of sp³-hybridized carbons (Fsp3) is 0.150. The van der Waals surface area contributed by atoms with Gasteiger partial charge < -0.3 is 5.32 Å². The maximum Gasteiger partial charge on any atom is 0.254 e. The molecule has 1 amide bonds. The van der Waals surface area contributed by atoms with Crippen LogP contribution in [0, 0.1) is 13.8 Å². The SMILES string of the molecule is Cc1ccc(Sc2ncccc2C(=O)NCc2ccccn2)c(C)c1. The fourth-order valence-corrected chi connectivity index (χ4v) is 3.38. The monoisotopic (exact) mass is 349 g/mol. The first kappa shape index (κ1) is 17.2. The molecule has 3 rings (SSSR count). The number of hydrogen-bond acceptors (Lipinski definition) is 4. The number of aromatic nitrogens is 2. The number of pyridine rings is 2. The molecule has 0 aliphatic rings. The van der Waals surface area contributed by atoms with Gasteiger partial charge in [-0.2, -0.15) is 0 Å². The molecule has 5 heteroatoms. The van der Waals surface area contributed by atoms with Gasteiger partial charge in [0.1, 0.15) is 5.03 Å². The summed E-state index contributed by atoms with van der Waals surface area (Å²) >= 11 is 1.51. The highest BCUT2D eigenvalue weighted by molar-refractivity contribution is 7.99. The number of amides is 1. The predicted octanol–water partition coefficient (Wildman–Crippen LogP) is 4.17. The van der Waals surface area contributed by atoms with Crippen molar-refractivity contribution >= 4 is 17.7 Å². The van der Waals surface area contributed by atoms with Crippen molar-refractivity contribution < 1.29 is 4.79 Å². The molecule has 3 aromatic rings. The van der Waals surface area contributed by atoms with Crippen LogP contribution < -0.4 is 5.32 Å². The van der Waals surface area contributed by atoms with Crippen molar-refractivity contribution in [3.8, 4) is 0 Å². The molecule has 0 radical (unpaired) electrons. The minimum atomic E-state index is -0.147. The van der Waals surface area contributed by atoms with Gasteiger partial charge in [-0.25, -0.2) is 4.98 Å². The van der Waals surface area contributed by atoms with E-state index in [1.165, 1.54) is 22.9 Å². The smallest absolute Gasteiger partial charge is 0.254 e. The summed E-state index contributed by atoms with van der Waals surface area (Å²) in [7, 11) is 0. The predicted molar refractivity (Wildman–Crippen MR) is 99.7 cm³/mol. The Hall–Kier alpha value is -2.66. The lowest BCUT2D eigenvalue weighted by Gasteiger charge is -2.10. The van der Waals surface area contributed by atoms with E-state index in [1.807, 2.05) is 18.2 Å². The minimum absolute atomic E-state index is 0.147. The lowest BCUT2D eigenvalue weighted by molar-refractivity contribution is 0.0946. The normalized spacial score (nSPS) is 10.5. The Morgan fingerprint density at radius 1 is 1.04 bits per heavy atom. The number of nitrogens with one attached hydrogen (secondary N) is 1. The topological polar surface area (TPSA) is 54.9 Å². The van der Waals surface area contributed by atoms with Crippen LogP contribution in [0.15, 0.2) is 70.8 Å². The molecule has 0 atom stereocenters. The van der Waals surface area contributed by atoms with E-state index in [1.54, 1.807) is 24.5 Å². The quantitative estimate of drug-likeness (QED) is 0.751. The average Bonchev–Trinajstić information content (AvgIpc) is 2.63. The molecule has 0 aliphatic heterocycles. The van der Waals surface area contributed by atoms with E-state index in [0.717, 1.165) is 10.6 Å². The van der Waals surface area contributed by atoms with Gasteiger partial charge >= 0.3 is 0 Å². The number of nitrogens with zero attached hydrogens (tertiary/aromatic N) is 2. The first-order valence-corrected chi connectivity index (χ1v) is 8.83. The van der Waals surface area contributed by atoms with E-state index in [4.69, 9.17) is 0 Å². The summed E-state index contributed by atoms with van der Waals surface area (Å²) in [5, 5.41) is 3.61. The summed E-state index contributed by atoms with van der Waals surface area (Å²) < 4.78 is 0. The highest BCUT2D eigenvalue weighted by Crippen LogP contribution is 2.31. The third-order valence-electron chi connectivity index (χ3n) is 3.71. The molecule has 1 N–H and O–H groups in total. The van der Waals surface area contributed by atoms with Crippen LogP contribution >= 0.6 is 11.8 Å². The molecule has 25 heavy (non-hydrogen) atoms. The van der Waals surface area contributed by atoms with Crippen LogP contribution in [0.5, 0.6) is 0 Å². The summed E-state index contributed by atoms with van der Waals surface area (Å²) in [4.78, 5) is 22.3. The Morgan fingerprint density at radius 3 is 2.64 bits per heavy atom. The van der Waals surface area contributed by atoms with Gasteiger partial charge in [0.05, 0.1) is 17.8 Å². The second kappa shape index (κ2) is 7.94. The molecule has 1 aromatic carbocycles. The van der Waals surface area contributed by atoms with Crippen molar-refractivity contribution in [2.75, 3.05) is 0 Å². The molecule has 0 bridgehead atoms. The second-order valence-corrected chi connectivity index (χ2v) is 6.76. The molecule has 0 fully saturated rings. The van der Waals surface area contributed by atoms with Crippen LogP contribution in [0.1, 0.15) is 27.2 Å². The van der Waals surface area contributed by atoms with Crippen LogP contribution in [0.3, 0.4) is 0 Å². The van der Waals surface area contributed by atoms with Crippen LogP contribution in [-0.4, -0.2) is 15.9 Å². The van der Waals surface area contributed by atoms with E-state index in [2.05, 4.69) is 47.3 Å². The summed E-state index contributed by atoms with van der Waals surface area (Å²) in [6.07, 6.45) is 3.42. The fourth-order valence-electron chi connectivity index (χ4n) is 2.43. The lowest BCUT2D eigenvalue weighted by atomic mass is 10.2. The molecule has 0 aliphatic carbocycles. The zero-order chi connectivity index (χ0) is 17.6. The van der Waals surface area contributed by atoms with Crippen LogP contribution in [-0.2, 0) is 6.54 Å². The third-order valence-corrected chi connectivity index (χ3v) is 4.91. The average molecular weight is 349 g/mol. The Balaban J connectivity index is 1.77. The van der Waals surface area contributed by atoms with Gasteiger partial charge in [0, 0.05) is 17.3 Å². The van der Waals surface area contributed by atoms with Crippen molar-refractivity contribution in [2.45, 2.75) is 30.3 Å². The maximum atomic E-state index is 12.6. The van der Waals surface area contributed by atoms with Crippen molar-refractivity contribution in [3.63, 3.8) is 0 Å². The van der Waals surface area contributed by atoms with Crippen molar-refractivity contribution in [2.24, 2.45) is 0 Å². The van der Waals surface area contributed by atoms with Gasteiger partial charge in [0.15, 0.2) is 0 Å². The summed E-state index contributed by atoms with van der Waals surface area (Å²) in [5.74, 6) is -0.147. The number of aryl methyl sites for hydroxylation is 2. The molecule has 0 saturated carbocycles.